The average Bonchev–Trinajstić information content (AvgIpc) is 2.24. The Bertz CT molecular complexity index is 379. The van der Waals surface area contributed by atoms with Gasteiger partial charge in [0.05, 0.1) is 0 Å². The van der Waals surface area contributed by atoms with Gasteiger partial charge < -0.3 is 11.1 Å². The number of amides is 1. The van der Waals surface area contributed by atoms with Crippen LogP contribution in [0.1, 0.15) is 31.7 Å². The van der Waals surface area contributed by atoms with E-state index >= 15 is 0 Å². The Morgan fingerprint density at radius 1 is 1.47 bits per heavy atom. The molecule has 4 heteroatoms. The number of carbonyl (C=O) groups excluding carboxylic acids is 1. The second-order valence-electron chi connectivity index (χ2n) is 4.41. The smallest absolute Gasteiger partial charge is 0.220 e. The van der Waals surface area contributed by atoms with Crippen LogP contribution < -0.4 is 11.1 Å². The molecule has 17 heavy (non-hydrogen) atoms. The predicted octanol–water partition coefficient (Wildman–Crippen LogP) is 2.41. The van der Waals surface area contributed by atoms with Gasteiger partial charge in [-0.25, -0.2) is 0 Å². The monoisotopic (exact) mass is 298 g/mol. The summed E-state index contributed by atoms with van der Waals surface area (Å²) in [6.07, 6.45) is 0.436. The van der Waals surface area contributed by atoms with Crippen molar-refractivity contribution in [2.24, 2.45) is 5.73 Å². The Labute approximate surface area is 111 Å². The molecule has 1 rings (SSSR count). The number of nitrogens with one attached hydrogen (secondary N) is 1. The molecule has 0 bridgehead atoms. The molecule has 0 spiro atoms. The number of nitrogens with two attached hydrogens (primary N) is 1. The molecule has 1 atom stereocenters. The van der Waals surface area contributed by atoms with E-state index < -0.39 is 0 Å². The Morgan fingerprint density at radius 3 is 2.71 bits per heavy atom. The van der Waals surface area contributed by atoms with Crippen LogP contribution in [0.3, 0.4) is 0 Å². The van der Waals surface area contributed by atoms with E-state index in [0.29, 0.717) is 13.0 Å². The Balaban J connectivity index is 2.69. The van der Waals surface area contributed by atoms with Crippen LogP contribution in [-0.4, -0.2) is 18.5 Å². The minimum atomic E-state index is 0.0513. The fourth-order valence-electron chi connectivity index (χ4n) is 1.70. The van der Waals surface area contributed by atoms with Crippen molar-refractivity contribution in [1.29, 1.82) is 0 Å². The van der Waals surface area contributed by atoms with E-state index in [1.807, 2.05) is 38.1 Å². The molecule has 0 saturated heterocycles. The maximum absolute atomic E-state index is 11.7. The summed E-state index contributed by atoms with van der Waals surface area (Å²) in [6, 6.07) is 8.11. The molecule has 0 aliphatic heterocycles. The first-order chi connectivity index (χ1) is 8.02. The second-order valence-corrected chi connectivity index (χ2v) is 5.33. The Hall–Kier alpha value is -0.870. The number of hydrogen-bond acceptors (Lipinski definition) is 2. The molecule has 1 amide bonds. The minimum Gasteiger partial charge on any atom is -0.354 e. The molecule has 0 saturated carbocycles. The largest absolute Gasteiger partial charge is 0.354 e. The molecular formula is C13H19BrN2O. The molecule has 1 aromatic rings. The van der Waals surface area contributed by atoms with Crippen molar-refractivity contribution in [3.05, 3.63) is 34.3 Å². The van der Waals surface area contributed by atoms with Gasteiger partial charge in [-0.1, -0.05) is 28.1 Å². The van der Waals surface area contributed by atoms with Gasteiger partial charge in [0, 0.05) is 22.9 Å². The highest BCUT2D eigenvalue weighted by molar-refractivity contribution is 9.10. The maximum atomic E-state index is 11.7. The molecule has 3 nitrogen and oxygen atoms in total. The summed E-state index contributed by atoms with van der Waals surface area (Å²) in [5.74, 6) is 0.127. The minimum absolute atomic E-state index is 0.0513. The third kappa shape index (κ3) is 4.88. The molecule has 0 heterocycles. The number of hydrogen-bond donors (Lipinski definition) is 2. The number of halogens is 1. The van der Waals surface area contributed by atoms with E-state index in [4.69, 9.17) is 5.73 Å². The molecule has 0 aliphatic rings. The average molecular weight is 299 g/mol. The quantitative estimate of drug-likeness (QED) is 0.877. The molecule has 0 fully saturated rings. The van der Waals surface area contributed by atoms with Crippen molar-refractivity contribution in [1.82, 2.24) is 5.32 Å². The van der Waals surface area contributed by atoms with E-state index in [1.54, 1.807) is 0 Å². The van der Waals surface area contributed by atoms with Crippen LogP contribution in [0.5, 0.6) is 0 Å². The van der Waals surface area contributed by atoms with Gasteiger partial charge in [0.25, 0.3) is 0 Å². The second kappa shape index (κ2) is 6.77. The van der Waals surface area contributed by atoms with Gasteiger partial charge in [-0.2, -0.15) is 0 Å². The molecule has 1 unspecified atom stereocenters. The molecule has 0 aromatic heterocycles. The van der Waals surface area contributed by atoms with Crippen molar-refractivity contribution < 1.29 is 4.79 Å². The SMILES string of the molecule is CC(C)NC(=O)CC(CN)c1cccc(Br)c1. The van der Waals surface area contributed by atoms with Crippen LogP contribution in [-0.2, 0) is 4.79 Å². The molecule has 94 valence electrons. The van der Waals surface area contributed by atoms with Crippen LogP contribution in [0.15, 0.2) is 28.7 Å². The van der Waals surface area contributed by atoms with Gasteiger partial charge in [0.2, 0.25) is 5.91 Å². The fraction of sp³-hybridized carbons (Fsp3) is 0.462. The third-order valence-electron chi connectivity index (χ3n) is 2.49. The first-order valence-electron chi connectivity index (χ1n) is 5.77. The lowest BCUT2D eigenvalue weighted by atomic mass is 9.95. The van der Waals surface area contributed by atoms with Crippen molar-refractivity contribution in [2.75, 3.05) is 6.54 Å². The first kappa shape index (κ1) is 14.2. The van der Waals surface area contributed by atoms with Crippen LogP contribution in [0, 0.1) is 0 Å². The molecule has 0 aliphatic carbocycles. The van der Waals surface area contributed by atoms with Gasteiger partial charge in [0.15, 0.2) is 0 Å². The van der Waals surface area contributed by atoms with Crippen molar-refractivity contribution in [2.45, 2.75) is 32.2 Å². The highest BCUT2D eigenvalue weighted by Crippen LogP contribution is 2.22. The van der Waals surface area contributed by atoms with Gasteiger partial charge in [-0.3, -0.25) is 4.79 Å². The molecular weight excluding hydrogens is 280 g/mol. The van der Waals surface area contributed by atoms with E-state index in [2.05, 4.69) is 21.2 Å². The van der Waals surface area contributed by atoms with E-state index in [1.165, 1.54) is 0 Å². The summed E-state index contributed by atoms with van der Waals surface area (Å²) >= 11 is 3.42. The van der Waals surface area contributed by atoms with Gasteiger partial charge in [-0.05, 0) is 38.1 Å². The first-order valence-corrected chi connectivity index (χ1v) is 6.57. The lowest BCUT2D eigenvalue weighted by Crippen LogP contribution is -2.32. The zero-order valence-corrected chi connectivity index (χ0v) is 11.8. The maximum Gasteiger partial charge on any atom is 0.220 e. The fourth-order valence-corrected chi connectivity index (χ4v) is 2.12. The highest BCUT2D eigenvalue weighted by Gasteiger charge is 2.15. The van der Waals surface area contributed by atoms with Crippen LogP contribution in [0.4, 0.5) is 0 Å². The highest BCUT2D eigenvalue weighted by atomic mass is 79.9. The summed E-state index contributed by atoms with van der Waals surface area (Å²) in [5, 5.41) is 2.89. The van der Waals surface area contributed by atoms with Gasteiger partial charge in [0.1, 0.15) is 0 Å². The van der Waals surface area contributed by atoms with Crippen molar-refractivity contribution in [3.63, 3.8) is 0 Å². The van der Waals surface area contributed by atoms with Gasteiger partial charge in [-0.15, -0.1) is 0 Å². The lowest BCUT2D eigenvalue weighted by Gasteiger charge is -2.16. The summed E-state index contributed by atoms with van der Waals surface area (Å²) in [5.41, 5.74) is 6.84. The summed E-state index contributed by atoms with van der Waals surface area (Å²) < 4.78 is 1.01. The zero-order chi connectivity index (χ0) is 12.8. The lowest BCUT2D eigenvalue weighted by molar-refractivity contribution is -0.121. The van der Waals surface area contributed by atoms with Crippen LogP contribution in [0.2, 0.25) is 0 Å². The van der Waals surface area contributed by atoms with Crippen molar-refractivity contribution >= 4 is 21.8 Å². The predicted molar refractivity (Wildman–Crippen MR) is 73.8 cm³/mol. The summed E-state index contributed by atoms with van der Waals surface area (Å²) in [7, 11) is 0. The van der Waals surface area contributed by atoms with Gasteiger partial charge >= 0.3 is 0 Å². The summed E-state index contributed by atoms with van der Waals surface area (Å²) in [4.78, 5) is 11.7. The van der Waals surface area contributed by atoms with Crippen molar-refractivity contribution in [3.8, 4) is 0 Å². The number of carbonyl (C=O) groups is 1. The Morgan fingerprint density at radius 2 is 2.18 bits per heavy atom. The molecule has 3 N–H and O–H groups in total. The van der Waals surface area contributed by atoms with E-state index in [-0.39, 0.29) is 17.9 Å². The Kier molecular flexibility index (Phi) is 5.65. The standard InChI is InChI=1S/C13H19BrN2O/c1-9(2)16-13(17)7-11(8-15)10-4-3-5-12(14)6-10/h3-6,9,11H,7-8,15H2,1-2H3,(H,16,17). The van der Waals surface area contributed by atoms with E-state index in [9.17, 15) is 4.79 Å². The summed E-state index contributed by atoms with van der Waals surface area (Å²) in [6.45, 7) is 4.38. The number of rotatable bonds is 5. The molecule has 1 aromatic carbocycles. The topological polar surface area (TPSA) is 55.1 Å². The van der Waals surface area contributed by atoms with E-state index in [0.717, 1.165) is 10.0 Å². The van der Waals surface area contributed by atoms with Crippen LogP contribution in [0.25, 0.3) is 0 Å². The zero-order valence-electron chi connectivity index (χ0n) is 10.2. The number of benzene rings is 1. The van der Waals surface area contributed by atoms with Crippen LogP contribution >= 0.6 is 15.9 Å². The molecule has 0 radical (unpaired) electrons. The third-order valence-corrected chi connectivity index (χ3v) is 2.98. The normalized spacial score (nSPS) is 12.5.